The van der Waals surface area contributed by atoms with Gasteiger partial charge in [0.1, 0.15) is 0 Å². The van der Waals surface area contributed by atoms with Gasteiger partial charge in [0.2, 0.25) is 11.8 Å². The molecule has 1 aliphatic heterocycles. The van der Waals surface area contributed by atoms with E-state index in [1.165, 1.54) is 0 Å². The number of hydrogen-bond acceptors (Lipinski definition) is 2. The molecule has 2 aromatic carbocycles. The number of amides is 2. The van der Waals surface area contributed by atoms with Crippen LogP contribution in [0.25, 0.3) is 0 Å². The van der Waals surface area contributed by atoms with Gasteiger partial charge in [-0.15, -0.1) is 0 Å². The van der Waals surface area contributed by atoms with Crippen molar-refractivity contribution in [2.45, 2.75) is 38.3 Å². The highest BCUT2D eigenvalue weighted by atomic mass is 16.2. The lowest BCUT2D eigenvalue weighted by molar-refractivity contribution is -0.130. The van der Waals surface area contributed by atoms with Crippen LogP contribution in [0.2, 0.25) is 0 Å². The molecule has 4 nitrogen and oxygen atoms in total. The first-order chi connectivity index (χ1) is 13.1. The second kappa shape index (κ2) is 9.17. The Labute approximate surface area is 160 Å². The van der Waals surface area contributed by atoms with Crippen molar-refractivity contribution in [1.29, 1.82) is 0 Å². The molecule has 0 fully saturated rings. The molecule has 0 saturated heterocycles. The summed E-state index contributed by atoms with van der Waals surface area (Å²) >= 11 is 0. The monoisotopic (exact) mass is 362 g/mol. The first kappa shape index (κ1) is 18.9. The van der Waals surface area contributed by atoms with Crippen molar-refractivity contribution < 1.29 is 9.59 Å². The molecular weight excluding hydrogens is 336 g/mol. The van der Waals surface area contributed by atoms with E-state index in [0.29, 0.717) is 0 Å². The third-order valence-electron chi connectivity index (χ3n) is 4.90. The zero-order chi connectivity index (χ0) is 19.1. The Morgan fingerprint density at radius 2 is 1.22 bits per heavy atom. The molecule has 3 atom stereocenters. The molecule has 0 radical (unpaired) electrons. The molecular formula is C23H26N2O2. The summed E-state index contributed by atoms with van der Waals surface area (Å²) in [6.07, 6.45) is 5.80. The van der Waals surface area contributed by atoms with E-state index in [-0.39, 0.29) is 36.2 Å². The quantitative estimate of drug-likeness (QED) is 0.791. The summed E-state index contributed by atoms with van der Waals surface area (Å²) < 4.78 is 0. The summed E-state index contributed by atoms with van der Waals surface area (Å²) in [6, 6.07) is 19.8. The zero-order valence-corrected chi connectivity index (χ0v) is 15.6. The second-order valence-electron chi connectivity index (χ2n) is 7.05. The summed E-state index contributed by atoms with van der Waals surface area (Å²) in [4.78, 5) is 25.1. The highest BCUT2D eigenvalue weighted by Gasteiger charge is 2.23. The second-order valence-corrected chi connectivity index (χ2v) is 7.05. The molecule has 0 bridgehead atoms. The van der Waals surface area contributed by atoms with Crippen LogP contribution in [0, 0.1) is 5.92 Å². The van der Waals surface area contributed by atoms with Gasteiger partial charge in [0.05, 0.1) is 12.1 Å². The Bertz CT molecular complexity index is 787. The Morgan fingerprint density at radius 1 is 0.741 bits per heavy atom. The molecule has 2 amide bonds. The van der Waals surface area contributed by atoms with Crippen LogP contribution >= 0.6 is 0 Å². The van der Waals surface area contributed by atoms with E-state index in [4.69, 9.17) is 0 Å². The van der Waals surface area contributed by atoms with Crippen LogP contribution in [-0.4, -0.2) is 11.8 Å². The summed E-state index contributed by atoms with van der Waals surface area (Å²) in [6.45, 7) is 1.80. The smallest absolute Gasteiger partial charge is 0.223 e. The average Bonchev–Trinajstić information content (AvgIpc) is 2.69. The fourth-order valence-corrected chi connectivity index (χ4v) is 3.33. The van der Waals surface area contributed by atoms with Crippen molar-refractivity contribution in [3.63, 3.8) is 0 Å². The Kier molecular flexibility index (Phi) is 6.42. The molecule has 0 spiro atoms. The van der Waals surface area contributed by atoms with Crippen LogP contribution in [0.4, 0.5) is 0 Å². The van der Waals surface area contributed by atoms with E-state index in [1.54, 1.807) is 6.92 Å². The van der Waals surface area contributed by atoms with Gasteiger partial charge in [0.15, 0.2) is 0 Å². The lowest BCUT2D eigenvalue weighted by atomic mass is 9.98. The third-order valence-corrected chi connectivity index (χ3v) is 4.90. The predicted octanol–water partition coefficient (Wildman–Crippen LogP) is 4.08. The van der Waals surface area contributed by atoms with Crippen LogP contribution in [0.1, 0.15) is 49.4 Å². The van der Waals surface area contributed by atoms with Gasteiger partial charge in [0.25, 0.3) is 0 Å². The maximum atomic E-state index is 12.6. The van der Waals surface area contributed by atoms with Crippen molar-refractivity contribution in [3.8, 4) is 0 Å². The Hall–Kier alpha value is -2.88. The summed E-state index contributed by atoms with van der Waals surface area (Å²) in [7, 11) is 0. The average molecular weight is 362 g/mol. The maximum Gasteiger partial charge on any atom is 0.223 e. The number of carbonyl (C=O) groups excluding carboxylic acids is 2. The van der Waals surface area contributed by atoms with E-state index in [9.17, 15) is 9.59 Å². The fraction of sp³-hybridized carbons (Fsp3) is 0.304. The van der Waals surface area contributed by atoms with E-state index < -0.39 is 0 Å². The first-order valence-corrected chi connectivity index (χ1v) is 9.48. The minimum absolute atomic E-state index is 0.0835. The summed E-state index contributed by atoms with van der Waals surface area (Å²) in [5, 5.41) is 6.17. The van der Waals surface area contributed by atoms with E-state index >= 15 is 0 Å². The zero-order valence-electron chi connectivity index (χ0n) is 15.6. The molecule has 4 heteroatoms. The summed E-state index contributed by atoms with van der Waals surface area (Å²) in [5.41, 5.74) is 2.15. The molecule has 27 heavy (non-hydrogen) atoms. The largest absolute Gasteiger partial charge is 0.349 e. The minimum atomic E-state index is -0.379. The molecule has 0 aliphatic carbocycles. The fourth-order valence-electron chi connectivity index (χ4n) is 3.33. The van der Waals surface area contributed by atoms with E-state index in [0.717, 1.165) is 24.0 Å². The molecule has 1 aliphatic rings. The topological polar surface area (TPSA) is 58.2 Å². The molecule has 140 valence electrons. The van der Waals surface area contributed by atoms with Crippen molar-refractivity contribution in [3.05, 3.63) is 83.9 Å². The molecule has 0 unspecified atom stereocenters. The predicted molar refractivity (Wildman–Crippen MR) is 107 cm³/mol. The van der Waals surface area contributed by atoms with Crippen molar-refractivity contribution in [1.82, 2.24) is 10.6 Å². The highest BCUT2D eigenvalue weighted by Crippen LogP contribution is 2.22. The molecule has 2 aromatic rings. The van der Waals surface area contributed by atoms with E-state index in [2.05, 4.69) is 22.8 Å². The number of rotatable bonds is 2. The SMILES string of the molecule is C[C@H]1CC(=O)N[C@H](c2ccccc2)C/C=C\C[C@H](c2ccccc2)NC1=O. The lowest BCUT2D eigenvalue weighted by Crippen LogP contribution is -2.37. The van der Waals surface area contributed by atoms with Crippen LogP contribution in [0.5, 0.6) is 0 Å². The third kappa shape index (κ3) is 5.30. The maximum absolute atomic E-state index is 12.6. The van der Waals surface area contributed by atoms with Crippen molar-refractivity contribution >= 4 is 11.8 Å². The van der Waals surface area contributed by atoms with Gasteiger partial charge in [-0.3, -0.25) is 9.59 Å². The molecule has 2 N–H and O–H groups in total. The Balaban J connectivity index is 1.83. The number of hydrogen-bond donors (Lipinski definition) is 2. The van der Waals surface area contributed by atoms with Gasteiger partial charge in [-0.25, -0.2) is 0 Å². The van der Waals surface area contributed by atoms with Gasteiger partial charge in [0, 0.05) is 12.3 Å². The molecule has 0 aromatic heterocycles. The van der Waals surface area contributed by atoms with Gasteiger partial charge < -0.3 is 10.6 Å². The number of nitrogens with one attached hydrogen (secondary N) is 2. The van der Waals surface area contributed by atoms with Gasteiger partial charge in [-0.1, -0.05) is 79.7 Å². The lowest BCUT2D eigenvalue weighted by Gasteiger charge is -2.23. The van der Waals surface area contributed by atoms with Crippen LogP contribution in [0.15, 0.2) is 72.8 Å². The van der Waals surface area contributed by atoms with Crippen LogP contribution < -0.4 is 10.6 Å². The van der Waals surface area contributed by atoms with Gasteiger partial charge in [-0.2, -0.15) is 0 Å². The van der Waals surface area contributed by atoms with Gasteiger partial charge in [-0.05, 0) is 24.0 Å². The van der Waals surface area contributed by atoms with Crippen molar-refractivity contribution in [2.75, 3.05) is 0 Å². The van der Waals surface area contributed by atoms with Gasteiger partial charge >= 0.3 is 0 Å². The highest BCUT2D eigenvalue weighted by molar-refractivity contribution is 5.86. The van der Waals surface area contributed by atoms with Crippen LogP contribution in [-0.2, 0) is 9.59 Å². The standard InChI is InChI=1S/C23H26N2O2/c1-17-16-22(26)24-20(18-10-4-2-5-11-18)14-8-9-15-21(25-23(17)27)19-12-6-3-7-13-19/h2-13,17,20-21H,14-16H2,1H3,(H,24,26)(H,25,27)/b9-8-/t17-,20-,21+/m0/s1. The van der Waals surface area contributed by atoms with Crippen molar-refractivity contribution in [2.24, 2.45) is 5.92 Å². The Morgan fingerprint density at radius 3 is 1.74 bits per heavy atom. The summed E-state index contributed by atoms with van der Waals surface area (Å²) in [5.74, 6) is -0.572. The van der Waals surface area contributed by atoms with Crippen LogP contribution in [0.3, 0.4) is 0 Å². The van der Waals surface area contributed by atoms with E-state index in [1.807, 2.05) is 60.7 Å². The first-order valence-electron chi connectivity index (χ1n) is 9.48. The molecule has 3 rings (SSSR count). The minimum Gasteiger partial charge on any atom is -0.349 e. The number of benzene rings is 2. The number of carbonyl (C=O) groups is 2. The normalized spacial score (nSPS) is 25.4. The molecule has 1 heterocycles. The molecule has 0 saturated carbocycles.